The Bertz CT molecular complexity index is 1040. The Balaban J connectivity index is 2.00. The lowest BCUT2D eigenvalue weighted by molar-refractivity contribution is -0.137. The monoisotopic (exact) mass is 427 g/mol. The number of halogens is 3. The molecule has 1 aliphatic rings. The van der Waals surface area contributed by atoms with Gasteiger partial charge >= 0.3 is 6.18 Å². The molecule has 1 saturated heterocycles. The average Bonchev–Trinajstić information content (AvgIpc) is 3.07. The lowest BCUT2D eigenvalue weighted by Crippen LogP contribution is -2.32. The van der Waals surface area contributed by atoms with E-state index in [9.17, 15) is 18.0 Å². The zero-order valence-electron chi connectivity index (χ0n) is 17.4. The minimum atomic E-state index is -4.38. The first-order valence-corrected chi connectivity index (χ1v) is 9.83. The molecule has 2 aromatic carbocycles. The van der Waals surface area contributed by atoms with Gasteiger partial charge in [-0.1, -0.05) is 18.7 Å². The zero-order chi connectivity index (χ0) is 22.6. The van der Waals surface area contributed by atoms with Gasteiger partial charge in [0.15, 0.2) is 0 Å². The van der Waals surface area contributed by atoms with Crippen molar-refractivity contribution < 1.29 is 18.0 Å². The SMILES string of the molecule is C=CC=N/C=C(\C)c1cc(C2(C)CCNC2=O)ccc1Nc1ccc(C(F)(F)F)cc1. The summed E-state index contributed by atoms with van der Waals surface area (Å²) < 4.78 is 38.5. The number of aliphatic imine (C=N–C) groups is 1. The zero-order valence-corrected chi connectivity index (χ0v) is 17.4. The molecule has 1 amide bonds. The summed E-state index contributed by atoms with van der Waals surface area (Å²) >= 11 is 0. The fourth-order valence-corrected chi connectivity index (χ4v) is 3.52. The second kappa shape index (κ2) is 8.79. The molecule has 0 spiro atoms. The predicted molar refractivity (Wildman–Crippen MR) is 118 cm³/mol. The number of alkyl halides is 3. The van der Waals surface area contributed by atoms with Crippen LogP contribution in [-0.4, -0.2) is 18.7 Å². The Morgan fingerprint density at radius 3 is 2.52 bits per heavy atom. The summed E-state index contributed by atoms with van der Waals surface area (Å²) in [6.07, 6.45) is 1.10. The van der Waals surface area contributed by atoms with Crippen LogP contribution in [0.15, 0.2) is 66.3 Å². The topological polar surface area (TPSA) is 53.5 Å². The number of benzene rings is 2. The molecule has 1 heterocycles. The Morgan fingerprint density at radius 2 is 1.94 bits per heavy atom. The van der Waals surface area contributed by atoms with Crippen molar-refractivity contribution in [3.63, 3.8) is 0 Å². The van der Waals surface area contributed by atoms with Gasteiger partial charge < -0.3 is 10.6 Å². The van der Waals surface area contributed by atoms with E-state index in [0.29, 0.717) is 24.3 Å². The van der Waals surface area contributed by atoms with Crippen molar-refractivity contribution >= 4 is 29.1 Å². The summed E-state index contributed by atoms with van der Waals surface area (Å²) in [5.74, 6) is -0.0202. The molecule has 1 atom stereocenters. The third kappa shape index (κ3) is 4.87. The summed E-state index contributed by atoms with van der Waals surface area (Å²) in [5.41, 5.74) is 2.39. The van der Waals surface area contributed by atoms with Gasteiger partial charge in [0.05, 0.1) is 11.0 Å². The highest BCUT2D eigenvalue weighted by Crippen LogP contribution is 2.37. The molecule has 162 valence electrons. The summed E-state index contributed by atoms with van der Waals surface area (Å²) in [5, 5.41) is 6.06. The molecular weight excluding hydrogens is 403 g/mol. The van der Waals surface area contributed by atoms with Gasteiger partial charge in [0, 0.05) is 35.9 Å². The van der Waals surface area contributed by atoms with Crippen molar-refractivity contribution in [3.05, 3.63) is 78.0 Å². The third-order valence-electron chi connectivity index (χ3n) is 5.44. The van der Waals surface area contributed by atoms with Crippen LogP contribution in [0.25, 0.3) is 5.57 Å². The lowest BCUT2D eigenvalue weighted by Gasteiger charge is -2.23. The molecule has 3 rings (SSSR count). The molecule has 1 unspecified atom stereocenters. The first-order valence-electron chi connectivity index (χ1n) is 9.83. The number of allylic oxidation sites excluding steroid dienone is 2. The van der Waals surface area contributed by atoms with Gasteiger partial charge in [-0.2, -0.15) is 13.2 Å². The van der Waals surface area contributed by atoms with Crippen LogP contribution in [0.1, 0.15) is 37.0 Å². The molecule has 31 heavy (non-hydrogen) atoms. The summed E-state index contributed by atoms with van der Waals surface area (Å²) in [7, 11) is 0. The maximum atomic E-state index is 12.8. The first kappa shape index (κ1) is 22.3. The van der Waals surface area contributed by atoms with Crippen molar-refractivity contribution in [2.75, 3.05) is 11.9 Å². The van der Waals surface area contributed by atoms with E-state index >= 15 is 0 Å². The van der Waals surface area contributed by atoms with Crippen LogP contribution in [0.2, 0.25) is 0 Å². The van der Waals surface area contributed by atoms with E-state index in [-0.39, 0.29) is 5.91 Å². The molecule has 2 N–H and O–H groups in total. The van der Waals surface area contributed by atoms with Gasteiger partial charge in [0.25, 0.3) is 0 Å². The Labute approximate surface area is 179 Å². The summed E-state index contributed by atoms with van der Waals surface area (Å²) in [6.45, 7) is 8.01. The second-order valence-corrected chi connectivity index (χ2v) is 7.64. The molecule has 0 saturated carbocycles. The second-order valence-electron chi connectivity index (χ2n) is 7.64. The van der Waals surface area contributed by atoms with Crippen molar-refractivity contribution in [1.82, 2.24) is 5.32 Å². The van der Waals surface area contributed by atoms with Crippen molar-refractivity contribution in [1.29, 1.82) is 0 Å². The van der Waals surface area contributed by atoms with Crippen LogP contribution in [0, 0.1) is 0 Å². The Kier molecular flexibility index (Phi) is 6.34. The number of carbonyl (C=O) groups is 1. The quantitative estimate of drug-likeness (QED) is 0.569. The highest BCUT2D eigenvalue weighted by atomic mass is 19.4. The Morgan fingerprint density at radius 1 is 1.23 bits per heavy atom. The number of amides is 1. The third-order valence-corrected chi connectivity index (χ3v) is 5.44. The molecule has 1 fully saturated rings. The molecule has 0 aliphatic carbocycles. The molecule has 0 radical (unpaired) electrons. The summed E-state index contributed by atoms with van der Waals surface area (Å²) in [6, 6.07) is 10.5. The van der Waals surface area contributed by atoms with Crippen LogP contribution in [0.3, 0.4) is 0 Å². The molecule has 1 aliphatic heterocycles. The number of rotatable bonds is 6. The smallest absolute Gasteiger partial charge is 0.355 e. The number of carbonyl (C=O) groups excluding carboxylic acids is 1. The molecule has 0 aromatic heterocycles. The molecule has 2 aromatic rings. The summed E-state index contributed by atoms with van der Waals surface area (Å²) in [4.78, 5) is 16.6. The van der Waals surface area contributed by atoms with Gasteiger partial charge in [-0.25, -0.2) is 0 Å². The number of nitrogens with one attached hydrogen (secondary N) is 2. The van der Waals surface area contributed by atoms with Gasteiger partial charge in [-0.3, -0.25) is 9.79 Å². The highest BCUT2D eigenvalue weighted by Gasteiger charge is 2.39. The van der Waals surface area contributed by atoms with E-state index in [2.05, 4.69) is 22.2 Å². The van der Waals surface area contributed by atoms with E-state index in [1.807, 2.05) is 32.0 Å². The predicted octanol–water partition coefficient (Wildman–Crippen LogP) is 5.84. The van der Waals surface area contributed by atoms with Crippen LogP contribution in [0.4, 0.5) is 24.5 Å². The number of anilines is 2. The fourth-order valence-electron chi connectivity index (χ4n) is 3.52. The fraction of sp³-hybridized carbons (Fsp3) is 0.250. The Hall–Kier alpha value is -3.35. The highest BCUT2D eigenvalue weighted by molar-refractivity contribution is 5.91. The first-order chi connectivity index (χ1) is 14.6. The minimum Gasteiger partial charge on any atom is -0.355 e. The maximum Gasteiger partial charge on any atom is 0.416 e. The maximum absolute atomic E-state index is 12.8. The van der Waals surface area contributed by atoms with E-state index in [1.54, 1.807) is 18.5 Å². The number of hydrogen-bond acceptors (Lipinski definition) is 3. The lowest BCUT2D eigenvalue weighted by atomic mass is 9.80. The van der Waals surface area contributed by atoms with Crippen LogP contribution >= 0.6 is 0 Å². The standard InChI is InChI=1S/C24H24F3N3O/c1-4-12-28-15-16(2)20-14-18(23(3)11-13-29-22(23)31)7-10-21(20)30-19-8-5-17(6-9-19)24(25,26)27/h4-10,12,14-15,30H,1,11,13H2,2-3H3,(H,29,31)/b16-15+,28-12?. The normalized spacial score (nSPS) is 19.5. The van der Waals surface area contributed by atoms with Crippen LogP contribution in [-0.2, 0) is 16.4 Å². The van der Waals surface area contributed by atoms with Crippen molar-refractivity contribution in [3.8, 4) is 0 Å². The van der Waals surface area contributed by atoms with E-state index < -0.39 is 17.2 Å². The molecule has 4 nitrogen and oxygen atoms in total. The van der Waals surface area contributed by atoms with E-state index in [0.717, 1.165) is 28.8 Å². The number of nitrogens with zero attached hydrogens (tertiary/aromatic N) is 1. The molecule has 0 bridgehead atoms. The van der Waals surface area contributed by atoms with Crippen LogP contribution < -0.4 is 10.6 Å². The van der Waals surface area contributed by atoms with E-state index in [4.69, 9.17) is 0 Å². The minimum absolute atomic E-state index is 0.0202. The van der Waals surface area contributed by atoms with Gasteiger partial charge in [-0.05, 0) is 67.8 Å². The average molecular weight is 427 g/mol. The van der Waals surface area contributed by atoms with Gasteiger partial charge in [0.2, 0.25) is 5.91 Å². The van der Waals surface area contributed by atoms with Crippen molar-refractivity contribution in [2.45, 2.75) is 31.9 Å². The van der Waals surface area contributed by atoms with Gasteiger partial charge in [-0.15, -0.1) is 0 Å². The largest absolute Gasteiger partial charge is 0.416 e. The molecular formula is C24H24F3N3O. The molecule has 7 heteroatoms. The number of hydrogen-bond donors (Lipinski definition) is 2. The van der Waals surface area contributed by atoms with Crippen molar-refractivity contribution in [2.24, 2.45) is 4.99 Å². The van der Waals surface area contributed by atoms with E-state index in [1.165, 1.54) is 12.1 Å². The van der Waals surface area contributed by atoms with Gasteiger partial charge in [0.1, 0.15) is 0 Å². The van der Waals surface area contributed by atoms with Crippen LogP contribution in [0.5, 0.6) is 0 Å².